The molecule has 0 saturated heterocycles. The van der Waals surface area contributed by atoms with E-state index in [9.17, 15) is 26.3 Å². The van der Waals surface area contributed by atoms with Gasteiger partial charge in [0.25, 0.3) is 6.71 Å². The number of benzene rings is 2. The molecule has 0 saturated carbocycles. The summed E-state index contributed by atoms with van der Waals surface area (Å²) in [5, 5.41) is 0. The Labute approximate surface area is 211 Å². The van der Waals surface area contributed by atoms with Gasteiger partial charge in [-0.05, 0) is 23.3 Å². The highest BCUT2D eigenvalue weighted by atomic mass is 32.1. The van der Waals surface area contributed by atoms with Crippen molar-refractivity contribution in [1.82, 2.24) is 0 Å². The minimum atomic E-state index is -2.57. The second-order valence-corrected chi connectivity index (χ2v) is 11.7. The van der Waals surface area contributed by atoms with Gasteiger partial charge in [-0.1, -0.05) is 47.0 Å². The average molecular weight is 554 g/mol. The first kappa shape index (κ1) is 29.1. The Morgan fingerprint density at radius 3 is 0.973 bits per heavy atom. The van der Waals surface area contributed by atoms with Crippen LogP contribution in [0.25, 0.3) is 0 Å². The van der Waals surface area contributed by atoms with E-state index in [-0.39, 0.29) is 15.9 Å². The fraction of sp³-hybridized carbons (Fsp3) is 0.360. The fourth-order valence-electron chi connectivity index (χ4n) is 4.33. The highest BCUT2D eigenvalue weighted by molar-refractivity contribution is 7.15. The molecule has 1 aromatic heterocycles. The van der Waals surface area contributed by atoms with Crippen LogP contribution in [0.5, 0.6) is 0 Å². The largest absolute Gasteiger partial charge is 0.258 e. The third kappa shape index (κ3) is 4.55. The molecule has 0 atom stereocenters. The molecule has 0 aliphatic heterocycles. The first-order valence-corrected chi connectivity index (χ1v) is 11.7. The van der Waals surface area contributed by atoms with E-state index in [1.807, 2.05) is 0 Å². The summed E-state index contributed by atoms with van der Waals surface area (Å²) >= 11 is 1.05. The van der Waals surface area contributed by atoms with Gasteiger partial charge in [0.05, 0.1) is 0 Å². The van der Waals surface area contributed by atoms with Gasteiger partial charge in [-0.25, -0.2) is 43.9 Å². The lowest BCUT2D eigenvalue weighted by atomic mass is 9.35. The van der Waals surface area contributed by atoms with E-state index < -0.39 is 86.6 Å². The van der Waals surface area contributed by atoms with E-state index in [2.05, 4.69) is 0 Å². The van der Waals surface area contributed by atoms with Crippen LogP contribution >= 0.6 is 11.3 Å². The smallest absolute Gasteiger partial charge is 0.204 e. The van der Waals surface area contributed by atoms with Crippen LogP contribution in [0.1, 0.15) is 56.9 Å². The van der Waals surface area contributed by atoms with Crippen molar-refractivity contribution in [2.45, 2.75) is 59.3 Å². The molecule has 0 fully saturated rings. The molecule has 1 heterocycles. The normalized spacial score (nSPS) is 12.5. The molecule has 37 heavy (non-hydrogen) atoms. The van der Waals surface area contributed by atoms with E-state index >= 15 is 17.6 Å². The van der Waals surface area contributed by atoms with Crippen molar-refractivity contribution in [2.24, 2.45) is 0 Å². The molecule has 0 radical (unpaired) electrons. The molecule has 0 aliphatic carbocycles. The molecular weight excluding hydrogens is 533 g/mol. The topological polar surface area (TPSA) is 0 Å². The summed E-state index contributed by atoms with van der Waals surface area (Å²) in [6, 6.07) is 0. The highest BCUT2D eigenvalue weighted by Crippen LogP contribution is 2.38. The van der Waals surface area contributed by atoms with Crippen molar-refractivity contribution in [2.75, 3.05) is 0 Å². The van der Waals surface area contributed by atoms with E-state index in [1.54, 1.807) is 41.5 Å². The van der Waals surface area contributed by atoms with E-state index in [4.69, 9.17) is 0 Å². The Morgan fingerprint density at radius 1 is 0.432 bits per heavy atom. The molecule has 0 amide bonds. The molecule has 3 rings (SSSR count). The molecule has 0 spiro atoms. The van der Waals surface area contributed by atoms with Crippen molar-refractivity contribution in [3.05, 3.63) is 73.5 Å². The van der Waals surface area contributed by atoms with Crippen LogP contribution < -0.4 is 16.4 Å². The first-order valence-electron chi connectivity index (χ1n) is 10.9. The lowest BCUT2D eigenvalue weighted by molar-refractivity contribution is 0.382. The lowest BCUT2D eigenvalue weighted by Gasteiger charge is -2.25. The van der Waals surface area contributed by atoms with Gasteiger partial charge in [0.2, 0.25) is 0 Å². The van der Waals surface area contributed by atoms with Crippen LogP contribution in [0.2, 0.25) is 0 Å². The molecule has 0 aliphatic rings. The molecule has 0 bridgehead atoms. The molecule has 2 aromatic carbocycles. The quantitative estimate of drug-likeness (QED) is 0.149. The van der Waals surface area contributed by atoms with Crippen molar-refractivity contribution >= 4 is 34.4 Å². The van der Waals surface area contributed by atoms with Gasteiger partial charge < -0.3 is 0 Å². The average Bonchev–Trinajstić information content (AvgIpc) is 3.15. The van der Waals surface area contributed by atoms with Gasteiger partial charge in [0.1, 0.15) is 0 Å². The minimum absolute atomic E-state index is 0.153. The van der Waals surface area contributed by atoms with Gasteiger partial charge in [-0.15, -0.1) is 11.3 Å². The maximum atomic E-state index is 15.1. The van der Waals surface area contributed by atoms with Gasteiger partial charge in [-0.2, -0.15) is 0 Å². The first-order chi connectivity index (χ1) is 16.7. The summed E-state index contributed by atoms with van der Waals surface area (Å²) in [5.74, 6) is -24.6. The Balaban J connectivity index is 2.70. The molecule has 3 aromatic rings. The van der Waals surface area contributed by atoms with Crippen LogP contribution in [0.3, 0.4) is 0 Å². The highest BCUT2D eigenvalue weighted by Gasteiger charge is 2.44. The van der Waals surface area contributed by atoms with E-state index in [0.29, 0.717) is 4.88 Å². The molecule has 0 N–H and O–H groups in total. The molecule has 0 nitrogen and oxygen atoms in total. The summed E-state index contributed by atoms with van der Waals surface area (Å²) in [6.07, 6.45) is 0. The summed E-state index contributed by atoms with van der Waals surface area (Å²) < 4.78 is 145. The fourth-order valence-corrected chi connectivity index (χ4v) is 5.79. The zero-order valence-corrected chi connectivity index (χ0v) is 21.6. The third-order valence-corrected chi connectivity index (χ3v) is 8.07. The van der Waals surface area contributed by atoms with E-state index in [0.717, 1.165) is 11.3 Å². The third-order valence-electron chi connectivity index (χ3n) is 5.91. The van der Waals surface area contributed by atoms with Crippen LogP contribution in [0.15, 0.2) is 0 Å². The van der Waals surface area contributed by atoms with Crippen LogP contribution in [-0.2, 0) is 10.8 Å². The summed E-state index contributed by atoms with van der Waals surface area (Å²) in [7, 11) is 0. The van der Waals surface area contributed by atoms with Crippen molar-refractivity contribution < 1.29 is 43.9 Å². The molecule has 0 unspecified atom stereocenters. The van der Waals surface area contributed by atoms with Gasteiger partial charge in [-0.3, -0.25) is 0 Å². The molecule has 12 heteroatoms. The number of rotatable bonds is 3. The summed E-state index contributed by atoms with van der Waals surface area (Å²) in [5.41, 5.74) is -5.24. The Morgan fingerprint density at radius 2 is 0.703 bits per heavy atom. The number of thiophene rings is 1. The zero-order valence-electron chi connectivity index (χ0n) is 20.8. The maximum absolute atomic E-state index is 15.1. The summed E-state index contributed by atoms with van der Waals surface area (Å²) in [6.45, 7) is 8.89. The second-order valence-electron chi connectivity index (χ2n) is 10.7. The number of hydrogen-bond donors (Lipinski definition) is 0. The summed E-state index contributed by atoms with van der Waals surface area (Å²) in [4.78, 5) is 0.720. The number of halogens is 10. The monoisotopic (exact) mass is 554 g/mol. The second kappa shape index (κ2) is 9.36. The molecular formula is C25H21BF10S. The van der Waals surface area contributed by atoms with Crippen molar-refractivity contribution in [1.29, 1.82) is 0 Å². The van der Waals surface area contributed by atoms with Crippen LogP contribution in [-0.4, -0.2) is 6.71 Å². The lowest BCUT2D eigenvalue weighted by Crippen LogP contribution is -2.60. The standard InChI is InChI=1S/C25H21BF10S/c1-8-9(23(25(5,6)7)37-22(8)24(2,3)4)26(10-12(27)16(31)20(35)17(32)13(10)28)11-14(29)18(33)21(36)19(34)15(11)30/h1-7H3. The molecule has 200 valence electrons. The Bertz CT molecular complexity index is 1290. The Kier molecular flexibility index (Phi) is 7.35. The SMILES string of the molecule is Cc1c(C(C)(C)C)sc(C(C)(C)C)c1B(c1c(F)c(F)c(F)c(F)c1F)c1c(F)c(F)c(F)c(F)c1F. The van der Waals surface area contributed by atoms with Gasteiger partial charge >= 0.3 is 0 Å². The Hall–Kier alpha value is -2.50. The van der Waals surface area contributed by atoms with Crippen molar-refractivity contribution in [3.63, 3.8) is 0 Å². The predicted octanol–water partition coefficient (Wildman–Crippen LogP) is 6.56. The van der Waals surface area contributed by atoms with E-state index in [1.165, 1.54) is 6.92 Å². The predicted molar refractivity (Wildman–Crippen MR) is 124 cm³/mol. The van der Waals surface area contributed by atoms with Crippen LogP contribution in [0, 0.1) is 65.1 Å². The van der Waals surface area contributed by atoms with Crippen LogP contribution in [0.4, 0.5) is 43.9 Å². The van der Waals surface area contributed by atoms with Gasteiger partial charge in [0, 0.05) is 20.7 Å². The maximum Gasteiger partial charge on any atom is 0.258 e. The zero-order chi connectivity index (χ0) is 28.5. The van der Waals surface area contributed by atoms with Crippen molar-refractivity contribution in [3.8, 4) is 0 Å². The minimum Gasteiger partial charge on any atom is -0.204 e. The number of hydrogen-bond acceptors (Lipinski definition) is 1. The van der Waals surface area contributed by atoms with Gasteiger partial charge in [0.15, 0.2) is 58.2 Å².